The van der Waals surface area contributed by atoms with Crippen molar-refractivity contribution in [3.8, 4) is 11.8 Å². The van der Waals surface area contributed by atoms with Gasteiger partial charge in [0.05, 0.1) is 5.92 Å². The van der Waals surface area contributed by atoms with Crippen molar-refractivity contribution >= 4 is 11.9 Å². The lowest BCUT2D eigenvalue weighted by molar-refractivity contribution is -0.158. The molecule has 0 radical (unpaired) electrons. The van der Waals surface area contributed by atoms with Crippen LogP contribution >= 0.6 is 0 Å². The lowest BCUT2D eigenvalue weighted by atomic mass is 10.0. The van der Waals surface area contributed by atoms with E-state index < -0.39 is 18.2 Å². The van der Waals surface area contributed by atoms with Crippen molar-refractivity contribution in [2.45, 2.75) is 116 Å². The summed E-state index contributed by atoms with van der Waals surface area (Å²) < 4.78 is 16.7. The molecule has 4 heterocycles. The first-order valence-corrected chi connectivity index (χ1v) is 21.0. The fraction of sp³-hybridized carbons (Fsp3) is 0.600. The summed E-state index contributed by atoms with van der Waals surface area (Å²) in [5, 5.41) is 11.2. The maximum absolute atomic E-state index is 12.4. The van der Waals surface area contributed by atoms with Crippen molar-refractivity contribution in [1.29, 1.82) is 0 Å². The zero-order chi connectivity index (χ0) is 40.6. The molecule has 4 fully saturated rings. The number of ether oxygens (including phenoxy) is 3. The van der Waals surface area contributed by atoms with Crippen LogP contribution < -0.4 is 20.5 Å². The molecule has 3 aromatic rings. The number of hydrogen-bond acceptors (Lipinski definition) is 11. The quantitative estimate of drug-likeness (QED) is 0.168. The molecule has 2 aromatic heterocycles. The lowest BCUT2D eigenvalue weighted by Gasteiger charge is -2.31. The number of aromatic nitrogens is 2. The number of esters is 1. The van der Waals surface area contributed by atoms with E-state index in [9.17, 15) is 9.59 Å². The minimum absolute atomic E-state index is 0.0227. The highest BCUT2D eigenvalue weighted by atomic mass is 16.6. The van der Waals surface area contributed by atoms with Crippen LogP contribution in [0.4, 0.5) is 0 Å². The molecule has 4 aliphatic rings. The number of carbonyl (C=O) groups excluding carboxylic acids is 2. The second-order valence-corrected chi connectivity index (χ2v) is 16.9. The smallest absolute Gasteiger partial charge is 0.332 e. The van der Waals surface area contributed by atoms with Crippen molar-refractivity contribution in [2.24, 2.45) is 17.6 Å². The number of carbonyl (C=O) groups is 2. The van der Waals surface area contributed by atoms with Gasteiger partial charge in [0.15, 0.2) is 0 Å². The molecular weight excluding hydrogens is 721 g/mol. The van der Waals surface area contributed by atoms with Gasteiger partial charge in [-0.2, -0.15) is 0 Å². The van der Waals surface area contributed by atoms with Gasteiger partial charge in [0, 0.05) is 76.9 Å². The average molecular weight is 787 g/mol. The topological polar surface area (TPSA) is 152 Å². The van der Waals surface area contributed by atoms with Gasteiger partial charge in [0.1, 0.15) is 24.4 Å². The third kappa shape index (κ3) is 16.7. The lowest BCUT2D eigenvalue weighted by Crippen LogP contribution is -2.39. The molecule has 2 saturated carbocycles. The predicted octanol–water partition coefficient (Wildman–Crippen LogP) is 5.87. The first-order chi connectivity index (χ1) is 27.5. The molecule has 1 amide bonds. The molecule has 0 spiro atoms. The number of benzene rings is 1. The van der Waals surface area contributed by atoms with Crippen LogP contribution in [0.5, 0.6) is 11.8 Å². The fourth-order valence-electron chi connectivity index (χ4n) is 6.89. The van der Waals surface area contributed by atoms with Crippen LogP contribution in [0.15, 0.2) is 67.0 Å². The molecule has 7 rings (SSSR count). The van der Waals surface area contributed by atoms with E-state index in [-0.39, 0.29) is 17.9 Å². The van der Waals surface area contributed by atoms with E-state index in [4.69, 9.17) is 25.1 Å². The fourth-order valence-corrected chi connectivity index (χ4v) is 6.89. The Morgan fingerprint density at radius 1 is 0.772 bits per heavy atom. The molecule has 312 valence electrons. The SMILES string of the molecule is CC(C)(C)OC(=O)CO.C[C@H](C(=O)NCc1ccc(OC2CCN(CC3CC3)CC2)nc1)c1ccccc1.NCc1ccc(OC2CCN(CC3CC3)CC2)nc1. The van der Waals surface area contributed by atoms with E-state index in [0.29, 0.717) is 25.1 Å². The summed E-state index contributed by atoms with van der Waals surface area (Å²) in [6, 6.07) is 17.7. The molecule has 57 heavy (non-hydrogen) atoms. The summed E-state index contributed by atoms with van der Waals surface area (Å²) in [6.45, 7) is 14.8. The highest BCUT2D eigenvalue weighted by Gasteiger charge is 2.29. The number of aliphatic hydroxyl groups excluding tert-OH is 1. The molecule has 0 unspecified atom stereocenters. The van der Waals surface area contributed by atoms with Crippen molar-refractivity contribution < 1.29 is 28.9 Å². The Hall–Kier alpha value is -4.10. The number of rotatable bonds is 14. The molecule has 2 saturated heterocycles. The number of nitrogens with one attached hydrogen (secondary N) is 1. The Labute approximate surface area is 339 Å². The van der Waals surface area contributed by atoms with Crippen LogP contribution in [-0.2, 0) is 27.4 Å². The maximum Gasteiger partial charge on any atom is 0.332 e. The largest absolute Gasteiger partial charge is 0.474 e. The molecule has 1 atom stereocenters. The first-order valence-electron chi connectivity index (χ1n) is 21.0. The van der Waals surface area contributed by atoms with Crippen LogP contribution in [0.2, 0.25) is 0 Å². The predicted molar refractivity (Wildman–Crippen MR) is 222 cm³/mol. The van der Waals surface area contributed by atoms with Crippen molar-refractivity contribution in [2.75, 3.05) is 45.9 Å². The number of pyridine rings is 2. The van der Waals surface area contributed by atoms with Gasteiger partial charge < -0.3 is 40.2 Å². The average Bonchev–Trinajstić information content (AvgIpc) is 4.17. The molecule has 1 aromatic carbocycles. The first kappa shape index (κ1) is 44.0. The van der Waals surface area contributed by atoms with Gasteiger partial charge >= 0.3 is 5.97 Å². The number of hydrogen-bond donors (Lipinski definition) is 3. The van der Waals surface area contributed by atoms with E-state index in [2.05, 4.69) is 25.1 Å². The standard InChI is InChI=1S/C24H31N3O2.C15H23N3O.C6H12O3/c1-18(21-5-3-2-4-6-21)24(28)26-16-20-9-10-23(25-15-20)29-22-11-13-27(14-12-22)17-19-7-8-19;16-9-13-3-4-15(17-10-13)19-14-5-7-18(8-6-14)11-12-1-2-12;1-6(2,3)9-5(8)4-7/h2-6,9-10,15,18-19,22H,7-8,11-14,16-17H2,1H3,(H,26,28);3-4,10,12,14H,1-2,5-9,11,16H2;7H,4H2,1-3H3/t18-;;/m0../s1. The van der Waals surface area contributed by atoms with Gasteiger partial charge in [-0.05, 0) is 108 Å². The Balaban J connectivity index is 0.000000189. The zero-order valence-corrected chi connectivity index (χ0v) is 34.6. The molecule has 2 aliphatic heterocycles. The van der Waals surface area contributed by atoms with E-state index in [1.807, 2.05) is 61.5 Å². The normalized spacial score (nSPS) is 18.6. The third-order valence-electron chi connectivity index (χ3n) is 10.6. The summed E-state index contributed by atoms with van der Waals surface area (Å²) >= 11 is 0. The Bertz CT molecular complexity index is 1610. The molecule has 12 heteroatoms. The van der Waals surface area contributed by atoms with E-state index >= 15 is 0 Å². The van der Waals surface area contributed by atoms with E-state index in [0.717, 1.165) is 73.2 Å². The van der Waals surface area contributed by atoms with Gasteiger partial charge in [-0.15, -0.1) is 0 Å². The molecule has 2 aliphatic carbocycles. The summed E-state index contributed by atoms with van der Waals surface area (Å²) in [7, 11) is 0. The number of likely N-dealkylation sites (tertiary alicyclic amines) is 2. The summed E-state index contributed by atoms with van der Waals surface area (Å²) in [6.07, 6.45) is 14.3. The summed E-state index contributed by atoms with van der Waals surface area (Å²) in [5.41, 5.74) is 8.12. The molecule has 12 nitrogen and oxygen atoms in total. The van der Waals surface area contributed by atoms with Gasteiger partial charge in [0.2, 0.25) is 17.7 Å². The minimum atomic E-state index is -0.581. The van der Waals surface area contributed by atoms with Crippen LogP contribution in [-0.4, -0.2) is 100 Å². The maximum atomic E-state index is 12.4. The zero-order valence-electron chi connectivity index (χ0n) is 34.6. The van der Waals surface area contributed by atoms with Gasteiger partial charge in [-0.1, -0.05) is 42.5 Å². The number of aliphatic hydroxyl groups is 1. The molecule has 4 N–H and O–H groups in total. The monoisotopic (exact) mass is 787 g/mol. The van der Waals surface area contributed by atoms with Crippen LogP contribution in [0.3, 0.4) is 0 Å². The number of nitrogens with two attached hydrogens (primary N) is 1. The number of amides is 1. The second-order valence-electron chi connectivity index (χ2n) is 16.9. The van der Waals surface area contributed by atoms with Crippen molar-refractivity contribution in [3.63, 3.8) is 0 Å². The third-order valence-corrected chi connectivity index (χ3v) is 10.6. The van der Waals surface area contributed by atoms with E-state index in [1.54, 1.807) is 33.2 Å². The second kappa shape index (κ2) is 22.2. The van der Waals surface area contributed by atoms with Crippen molar-refractivity contribution in [1.82, 2.24) is 25.1 Å². The Morgan fingerprint density at radius 3 is 1.65 bits per heavy atom. The number of nitrogens with zero attached hydrogens (tertiary/aromatic N) is 4. The van der Waals surface area contributed by atoms with Gasteiger partial charge in [-0.25, -0.2) is 14.8 Å². The Morgan fingerprint density at radius 2 is 1.26 bits per heavy atom. The Kier molecular flexibility index (Phi) is 17.1. The van der Waals surface area contributed by atoms with Crippen LogP contribution in [0.1, 0.15) is 102 Å². The number of piperidine rings is 2. The van der Waals surface area contributed by atoms with Crippen LogP contribution in [0, 0.1) is 11.8 Å². The molecular formula is C45H66N6O6. The van der Waals surface area contributed by atoms with Gasteiger partial charge in [-0.3, -0.25) is 4.79 Å². The van der Waals surface area contributed by atoms with Crippen molar-refractivity contribution in [3.05, 3.63) is 83.7 Å². The summed E-state index contributed by atoms with van der Waals surface area (Å²) in [5.74, 6) is 2.63. The van der Waals surface area contributed by atoms with Gasteiger partial charge in [0.25, 0.3) is 0 Å². The molecule has 0 bridgehead atoms. The highest BCUT2D eigenvalue weighted by molar-refractivity contribution is 5.83. The minimum Gasteiger partial charge on any atom is -0.474 e. The highest BCUT2D eigenvalue weighted by Crippen LogP contribution is 2.32. The summed E-state index contributed by atoms with van der Waals surface area (Å²) in [4.78, 5) is 36.7. The van der Waals surface area contributed by atoms with Crippen LogP contribution in [0.25, 0.3) is 0 Å². The van der Waals surface area contributed by atoms with E-state index in [1.165, 1.54) is 51.9 Å².